The van der Waals surface area contributed by atoms with E-state index < -0.39 is 11.9 Å². The van der Waals surface area contributed by atoms with Crippen LogP contribution < -0.4 is 20.7 Å². The van der Waals surface area contributed by atoms with E-state index in [4.69, 9.17) is 9.72 Å². The third-order valence-corrected chi connectivity index (χ3v) is 11.0. The molecule has 12 heteroatoms. The van der Waals surface area contributed by atoms with Crippen molar-refractivity contribution in [3.8, 4) is 28.8 Å². The van der Waals surface area contributed by atoms with Crippen molar-refractivity contribution in [3.63, 3.8) is 0 Å². The maximum atomic E-state index is 13.0. The van der Waals surface area contributed by atoms with Crippen molar-refractivity contribution in [1.29, 1.82) is 0 Å². The van der Waals surface area contributed by atoms with E-state index >= 15 is 0 Å². The number of ether oxygens (including phenoxy) is 1. The third kappa shape index (κ3) is 7.06. The summed E-state index contributed by atoms with van der Waals surface area (Å²) in [6.07, 6.45) is 6.29. The largest absolute Gasteiger partial charge is 0.474 e. The van der Waals surface area contributed by atoms with Gasteiger partial charge >= 0.3 is 0 Å². The number of hydrogen-bond acceptors (Lipinski definition) is 10. The molecule has 276 valence electrons. The number of piperidine rings is 2. The van der Waals surface area contributed by atoms with E-state index in [1.807, 2.05) is 36.7 Å². The summed E-state index contributed by atoms with van der Waals surface area (Å²) in [6, 6.07) is 19.7. The number of nitrogens with zero attached hydrogens (tertiary/aromatic N) is 5. The van der Waals surface area contributed by atoms with Gasteiger partial charge in [-0.2, -0.15) is 0 Å². The van der Waals surface area contributed by atoms with E-state index in [9.17, 15) is 14.4 Å². The number of imide groups is 1. The Morgan fingerprint density at radius 3 is 2.64 bits per heavy atom. The average molecular weight is 733 g/mol. The summed E-state index contributed by atoms with van der Waals surface area (Å²) in [6.45, 7) is 6.63. The van der Waals surface area contributed by atoms with Crippen LogP contribution in [0.15, 0.2) is 73.1 Å². The smallest absolute Gasteiger partial charge is 0.255 e. The fourth-order valence-electron chi connectivity index (χ4n) is 7.92. The molecule has 0 radical (unpaired) electrons. The lowest BCUT2D eigenvalue weighted by atomic mass is 9.96. The van der Waals surface area contributed by atoms with Gasteiger partial charge in [0, 0.05) is 72.1 Å². The molecule has 3 aromatic carbocycles. The molecular formula is C43H40N8O4. The standard InChI is InChI=1S/C43H40N8O4/c1-26-35(23-45-41-39(26)44-16-19-55-41)30-7-8-31-22-46-43(48-36(31)21-30)47-33-9-4-29(5-10-33)24-50-17-14-27(15-18-50)2-3-28-6-11-34-32(20-28)25-51(42(34)54)37-12-13-38(52)49-40(37)53/h4-11,20-23,27,37,44H,12-19,24-25H2,1H3,(H,46,47,48)(H,49,52,53). The summed E-state index contributed by atoms with van der Waals surface area (Å²) in [7, 11) is 0. The van der Waals surface area contributed by atoms with Crippen LogP contribution >= 0.6 is 0 Å². The van der Waals surface area contributed by atoms with Crippen molar-refractivity contribution in [2.24, 2.45) is 5.92 Å². The second kappa shape index (κ2) is 14.5. The highest BCUT2D eigenvalue weighted by Gasteiger charge is 2.39. The summed E-state index contributed by atoms with van der Waals surface area (Å²) in [4.78, 5) is 55.0. The topological polar surface area (TPSA) is 142 Å². The third-order valence-electron chi connectivity index (χ3n) is 11.0. The van der Waals surface area contributed by atoms with Gasteiger partial charge in [-0.15, -0.1) is 0 Å². The van der Waals surface area contributed by atoms with Gasteiger partial charge in [0.25, 0.3) is 5.91 Å². The van der Waals surface area contributed by atoms with Crippen LogP contribution in [0.3, 0.4) is 0 Å². The van der Waals surface area contributed by atoms with Gasteiger partial charge in [-0.25, -0.2) is 15.0 Å². The molecule has 4 aliphatic rings. The van der Waals surface area contributed by atoms with E-state index in [1.54, 1.807) is 4.90 Å². The van der Waals surface area contributed by atoms with Gasteiger partial charge in [0.15, 0.2) is 0 Å². The molecule has 12 nitrogen and oxygen atoms in total. The predicted molar refractivity (Wildman–Crippen MR) is 209 cm³/mol. The van der Waals surface area contributed by atoms with Gasteiger partial charge in [-0.05, 0) is 97.9 Å². The maximum absolute atomic E-state index is 13.0. The molecule has 9 rings (SSSR count). The van der Waals surface area contributed by atoms with E-state index in [2.05, 4.69) is 86.0 Å². The van der Waals surface area contributed by atoms with Crippen molar-refractivity contribution in [1.82, 2.24) is 30.1 Å². The van der Waals surface area contributed by atoms with Crippen LogP contribution in [0.5, 0.6) is 5.88 Å². The number of hydrogen-bond donors (Lipinski definition) is 3. The molecule has 1 atom stereocenters. The zero-order valence-corrected chi connectivity index (χ0v) is 30.5. The number of carbonyl (C=O) groups excluding carboxylic acids is 3. The summed E-state index contributed by atoms with van der Waals surface area (Å²) in [5.74, 6) is 7.46. The lowest BCUT2D eigenvalue weighted by Crippen LogP contribution is -2.52. The van der Waals surface area contributed by atoms with Gasteiger partial charge < -0.3 is 20.3 Å². The lowest BCUT2D eigenvalue weighted by molar-refractivity contribution is -0.136. The lowest BCUT2D eigenvalue weighted by Gasteiger charge is -2.29. The van der Waals surface area contributed by atoms with Gasteiger partial charge in [0.1, 0.15) is 18.3 Å². The van der Waals surface area contributed by atoms with Crippen molar-refractivity contribution in [2.75, 3.05) is 36.9 Å². The molecule has 2 fully saturated rings. The molecule has 1 unspecified atom stereocenters. The van der Waals surface area contributed by atoms with Crippen LogP contribution in [-0.2, 0) is 22.7 Å². The number of rotatable bonds is 6. The molecule has 0 spiro atoms. The molecule has 0 aliphatic carbocycles. The normalized spacial score (nSPS) is 18.5. The Morgan fingerprint density at radius 2 is 1.80 bits per heavy atom. The van der Waals surface area contributed by atoms with Crippen LogP contribution in [0.1, 0.15) is 58.3 Å². The fraction of sp³-hybridized carbons (Fsp3) is 0.302. The monoisotopic (exact) mass is 732 g/mol. The van der Waals surface area contributed by atoms with Crippen LogP contribution in [0.4, 0.5) is 17.3 Å². The minimum atomic E-state index is -0.615. The first kappa shape index (κ1) is 34.4. The minimum absolute atomic E-state index is 0.167. The first-order valence-electron chi connectivity index (χ1n) is 18.9. The zero-order chi connectivity index (χ0) is 37.5. The predicted octanol–water partition coefficient (Wildman–Crippen LogP) is 5.57. The van der Waals surface area contributed by atoms with Crippen molar-refractivity contribution in [2.45, 2.75) is 51.7 Å². The molecule has 55 heavy (non-hydrogen) atoms. The van der Waals surface area contributed by atoms with E-state index in [-0.39, 0.29) is 18.2 Å². The molecule has 5 aromatic rings. The van der Waals surface area contributed by atoms with Gasteiger partial charge in [-0.1, -0.05) is 36.1 Å². The summed E-state index contributed by atoms with van der Waals surface area (Å²) in [5.41, 5.74) is 9.50. The maximum Gasteiger partial charge on any atom is 0.255 e. The van der Waals surface area contributed by atoms with E-state index in [0.29, 0.717) is 42.9 Å². The number of anilines is 3. The molecule has 2 saturated heterocycles. The van der Waals surface area contributed by atoms with Crippen LogP contribution in [-0.4, -0.2) is 74.8 Å². The van der Waals surface area contributed by atoms with Gasteiger partial charge in [-0.3, -0.25) is 24.6 Å². The number of aromatic nitrogens is 3. The zero-order valence-electron chi connectivity index (χ0n) is 30.5. The van der Waals surface area contributed by atoms with Gasteiger partial charge in [0.2, 0.25) is 23.6 Å². The van der Waals surface area contributed by atoms with Crippen molar-refractivity contribution >= 4 is 45.9 Å². The molecule has 3 amide bonds. The van der Waals surface area contributed by atoms with E-state index in [1.165, 1.54) is 5.56 Å². The number of fused-ring (bicyclic) bond motifs is 3. The molecular weight excluding hydrogens is 693 g/mol. The fourth-order valence-corrected chi connectivity index (χ4v) is 7.92. The Kier molecular flexibility index (Phi) is 9.07. The van der Waals surface area contributed by atoms with Crippen LogP contribution in [0.25, 0.3) is 22.0 Å². The summed E-state index contributed by atoms with van der Waals surface area (Å²) in [5, 5.41) is 10.1. The van der Waals surface area contributed by atoms with E-state index in [0.717, 1.165) is 89.1 Å². The van der Waals surface area contributed by atoms with Crippen molar-refractivity contribution < 1.29 is 19.1 Å². The molecule has 0 saturated carbocycles. The number of nitrogens with one attached hydrogen (secondary N) is 3. The molecule has 4 aliphatic heterocycles. The highest BCUT2D eigenvalue weighted by Crippen LogP contribution is 2.36. The van der Waals surface area contributed by atoms with Gasteiger partial charge in [0.05, 0.1) is 5.52 Å². The second-order valence-corrected chi connectivity index (χ2v) is 14.6. The number of benzene rings is 3. The quantitative estimate of drug-likeness (QED) is 0.150. The molecule has 6 heterocycles. The Hall–Kier alpha value is -6.32. The minimum Gasteiger partial charge on any atom is -0.474 e. The summed E-state index contributed by atoms with van der Waals surface area (Å²) < 4.78 is 5.71. The first-order valence-corrected chi connectivity index (χ1v) is 18.9. The highest BCUT2D eigenvalue weighted by molar-refractivity contribution is 6.05. The van der Waals surface area contributed by atoms with Crippen LogP contribution in [0.2, 0.25) is 0 Å². The second-order valence-electron chi connectivity index (χ2n) is 14.6. The number of likely N-dealkylation sites (tertiary alicyclic amines) is 1. The summed E-state index contributed by atoms with van der Waals surface area (Å²) >= 11 is 0. The average Bonchev–Trinajstić information content (AvgIpc) is 3.53. The van der Waals surface area contributed by atoms with Crippen LogP contribution in [0, 0.1) is 24.7 Å². The first-order chi connectivity index (χ1) is 26.8. The SMILES string of the molecule is Cc1c(-c2ccc3cnc(Nc4ccc(CN5CCC(C#Cc6ccc7c(c6)CN(C6CCC(=O)NC6=O)C7=O)CC5)cc4)nc3c2)cnc2c1NCCO2. The Balaban J connectivity index is 0.783. The molecule has 2 aromatic heterocycles. The highest BCUT2D eigenvalue weighted by atomic mass is 16.5. The Bertz CT molecular complexity index is 2410. The molecule has 0 bridgehead atoms. The number of pyridine rings is 1. The Morgan fingerprint density at radius 1 is 0.945 bits per heavy atom. The Labute approximate surface area is 318 Å². The number of amides is 3. The van der Waals surface area contributed by atoms with Crippen molar-refractivity contribution in [3.05, 3.63) is 101 Å². The molecule has 3 N–H and O–H groups in total. The number of carbonyl (C=O) groups is 3.